The van der Waals surface area contributed by atoms with Crippen LogP contribution in [0.3, 0.4) is 0 Å². The zero-order valence-electron chi connectivity index (χ0n) is 13.9. The predicted octanol–water partition coefficient (Wildman–Crippen LogP) is 3.23. The van der Waals surface area contributed by atoms with E-state index >= 15 is 0 Å². The van der Waals surface area contributed by atoms with Crippen LogP contribution in [0.1, 0.15) is 17.0 Å². The molecular weight excluding hydrogens is 341 g/mol. The van der Waals surface area contributed by atoms with Crippen LogP contribution in [0.25, 0.3) is 0 Å². The van der Waals surface area contributed by atoms with Gasteiger partial charge in [0.1, 0.15) is 11.2 Å². The summed E-state index contributed by atoms with van der Waals surface area (Å²) in [5.74, 6) is -0.957. The first-order valence-corrected chi connectivity index (χ1v) is 9.37. The second kappa shape index (κ2) is 6.25. The lowest BCUT2D eigenvalue weighted by Gasteiger charge is -2.08. The highest BCUT2D eigenvalue weighted by atomic mass is 32.2. The van der Waals surface area contributed by atoms with Crippen LogP contribution in [0.5, 0.6) is 0 Å². The normalized spacial score (nSPS) is 25.4. The Morgan fingerprint density at radius 2 is 1.76 bits per heavy atom. The molecule has 0 unspecified atom stereocenters. The maximum atomic E-state index is 13.2. The third-order valence-electron chi connectivity index (χ3n) is 4.76. The fraction of sp³-hybridized carbons (Fsp3) is 0.316. The maximum Gasteiger partial charge on any atom is 0.183 e. The number of aryl methyl sites for hydroxylation is 1. The van der Waals surface area contributed by atoms with Crippen molar-refractivity contribution >= 4 is 9.84 Å². The van der Waals surface area contributed by atoms with Crippen molar-refractivity contribution in [1.29, 1.82) is 5.26 Å². The number of rotatable bonds is 5. The molecule has 25 heavy (non-hydrogen) atoms. The lowest BCUT2D eigenvalue weighted by molar-refractivity contribution is 0.162. The molecule has 3 rings (SSSR count). The molecule has 0 heterocycles. The van der Waals surface area contributed by atoms with Crippen LogP contribution in [0, 0.1) is 29.5 Å². The molecule has 6 heteroatoms. The van der Waals surface area contributed by atoms with Crippen LogP contribution < -0.4 is 0 Å². The molecule has 2 aromatic carbocycles. The highest BCUT2D eigenvalue weighted by Gasteiger charge is 2.72. The number of halogens is 1. The molecule has 0 saturated heterocycles. The first-order chi connectivity index (χ1) is 11.9. The molecule has 1 aliphatic rings. The van der Waals surface area contributed by atoms with E-state index in [4.69, 9.17) is 4.74 Å². The fourth-order valence-electron chi connectivity index (χ4n) is 3.45. The van der Waals surface area contributed by atoms with Crippen LogP contribution >= 0.6 is 0 Å². The van der Waals surface area contributed by atoms with Crippen molar-refractivity contribution < 1.29 is 17.5 Å². The van der Waals surface area contributed by atoms with E-state index in [0.29, 0.717) is 5.56 Å². The number of hydrogen-bond donors (Lipinski definition) is 0. The Balaban J connectivity index is 2.07. The summed E-state index contributed by atoms with van der Waals surface area (Å²) in [5.41, 5.74) is 0.407. The van der Waals surface area contributed by atoms with E-state index in [2.05, 4.69) is 6.07 Å². The third-order valence-corrected chi connectivity index (χ3v) is 7.05. The molecule has 0 aliphatic heterocycles. The van der Waals surface area contributed by atoms with Crippen molar-refractivity contribution in [2.75, 3.05) is 13.7 Å². The smallest absolute Gasteiger partial charge is 0.183 e. The van der Waals surface area contributed by atoms with Crippen molar-refractivity contribution in [3.63, 3.8) is 0 Å². The molecule has 0 amide bonds. The van der Waals surface area contributed by atoms with E-state index < -0.39 is 32.2 Å². The summed E-state index contributed by atoms with van der Waals surface area (Å²) in [4.78, 5) is 0.184. The zero-order chi connectivity index (χ0) is 18.2. The summed E-state index contributed by atoms with van der Waals surface area (Å²) < 4.78 is 44.6. The maximum absolute atomic E-state index is 13.2. The number of methoxy groups -OCH3 is 1. The Labute approximate surface area is 146 Å². The summed E-state index contributed by atoms with van der Waals surface area (Å²) in [6, 6.07) is 14.3. The number of nitrogens with zero attached hydrogens (tertiary/aromatic N) is 1. The number of benzene rings is 2. The van der Waals surface area contributed by atoms with E-state index in [1.165, 1.54) is 31.4 Å². The van der Waals surface area contributed by atoms with Crippen molar-refractivity contribution in [2.24, 2.45) is 5.41 Å². The minimum atomic E-state index is -3.73. The van der Waals surface area contributed by atoms with Gasteiger partial charge >= 0.3 is 0 Å². The van der Waals surface area contributed by atoms with Gasteiger partial charge in [0, 0.05) is 13.0 Å². The van der Waals surface area contributed by atoms with Gasteiger partial charge < -0.3 is 4.74 Å². The number of nitriles is 1. The minimum Gasteiger partial charge on any atom is -0.383 e. The second-order valence-corrected chi connectivity index (χ2v) is 8.46. The summed E-state index contributed by atoms with van der Waals surface area (Å²) >= 11 is 0. The van der Waals surface area contributed by atoms with Crippen LogP contribution in [-0.4, -0.2) is 27.4 Å². The first kappa shape index (κ1) is 17.6. The van der Waals surface area contributed by atoms with E-state index in [-0.39, 0.29) is 11.5 Å². The van der Waals surface area contributed by atoms with Gasteiger partial charge in [-0.3, -0.25) is 0 Å². The molecule has 3 atom stereocenters. The molecule has 130 valence electrons. The van der Waals surface area contributed by atoms with Gasteiger partial charge in [0.25, 0.3) is 0 Å². The lowest BCUT2D eigenvalue weighted by atomic mass is 10.0. The first-order valence-electron chi connectivity index (χ1n) is 7.83. The van der Waals surface area contributed by atoms with Gasteiger partial charge in [-0.15, -0.1) is 0 Å². The SMILES string of the molecule is COC[C@]1(C#N)[C@H](c2ccc(F)cc2)[C@H]1S(=O)(=O)c1ccc(C)cc1. The van der Waals surface area contributed by atoms with Crippen molar-refractivity contribution in [2.45, 2.75) is 23.0 Å². The highest BCUT2D eigenvalue weighted by Crippen LogP contribution is 2.63. The number of ether oxygens (including phenoxy) is 1. The second-order valence-electron chi connectivity index (χ2n) is 6.39. The van der Waals surface area contributed by atoms with Crippen LogP contribution in [0.15, 0.2) is 53.4 Å². The molecule has 0 bridgehead atoms. The molecule has 1 saturated carbocycles. The van der Waals surface area contributed by atoms with Gasteiger partial charge in [-0.25, -0.2) is 12.8 Å². The average molecular weight is 359 g/mol. The fourth-order valence-corrected chi connectivity index (χ4v) is 5.76. The topological polar surface area (TPSA) is 67.2 Å². The summed E-state index contributed by atoms with van der Waals surface area (Å²) in [6.45, 7) is 1.88. The Morgan fingerprint density at radius 3 is 2.28 bits per heavy atom. The lowest BCUT2D eigenvalue weighted by Crippen LogP contribution is -2.19. The Hall–Kier alpha value is -2.23. The Morgan fingerprint density at radius 1 is 1.16 bits per heavy atom. The molecular formula is C19H18FNO3S. The van der Waals surface area contributed by atoms with Crippen LogP contribution in [0.2, 0.25) is 0 Å². The predicted molar refractivity (Wildman–Crippen MR) is 91.2 cm³/mol. The summed E-state index contributed by atoms with van der Waals surface area (Å²) in [5, 5.41) is 8.81. The zero-order valence-corrected chi connectivity index (χ0v) is 14.8. The van der Waals surface area contributed by atoms with Crippen molar-refractivity contribution in [1.82, 2.24) is 0 Å². The van der Waals surface area contributed by atoms with E-state index in [1.807, 2.05) is 6.92 Å². The standard InChI is InChI=1S/C19H18FNO3S/c1-13-3-9-16(10-4-13)25(22,23)18-17(19(18,11-21)12-24-2)14-5-7-15(20)8-6-14/h3-10,17-18H,12H2,1-2H3/t17-,18-,19-/m1/s1. The minimum absolute atomic E-state index is 0.00129. The summed E-state index contributed by atoms with van der Waals surface area (Å²) in [6.07, 6.45) is 0. The Kier molecular flexibility index (Phi) is 4.40. The van der Waals surface area contributed by atoms with E-state index in [0.717, 1.165) is 5.56 Å². The third kappa shape index (κ3) is 2.84. The van der Waals surface area contributed by atoms with Crippen LogP contribution in [0.4, 0.5) is 4.39 Å². The average Bonchev–Trinajstić information content (AvgIpc) is 3.26. The Bertz CT molecular complexity index is 917. The van der Waals surface area contributed by atoms with Crippen molar-refractivity contribution in [3.8, 4) is 6.07 Å². The number of sulfone groups is 1. The van der Waals surface area contributed by atoms with Gasteiger partial charge in [-0.1, -0.05) is 29.8 Å². The molecule has 1 fully saturated rings. The highest BCUT2D eigenvalue weighted by molar-refractivity contribution is 7.92. The van der Waals surface area contributed by atoms with Crippen molar-refractivity contribution in [3.05, 3.63) is 65.5 Å². The molecule has 2 aromatic rings. The van der Waals surface area contributed by atoms with Gasteiger partial charge in [0.2, 0.25) is 0 Å². The quantitative estimate of drug-likeness (QED) is 0.822. The van der Waals surface area contributed by atoms with Crippen LogP contribution in [-0.2, 0) is 14.6 Å². The molecule has 0 aromatic heterocycles. The summed E-state index contributed by atoms with van der Waals surface area (Å²) in [7, 11) is -2.29. The van der Waals surface area contributed by atoms with E-state index in [9.17, 15) is 18.1 Å². The van der Waals surface area contributed by atoms with Gasteiger partial charge in [0.15, 0.2) is 9.84 Å². The largest absolute Gasteiger partial charge is 0.383 e. The molecule has 4 nitrogen and oxygen atoms in total. The van der Waals surface area contributed by atoms with E-state index in [1.54, 1.807) is 24.3 Å². The molecule has 0 N–H and O–H groups in total. The van der Waals surface area contributed by atoms with Gasteiger partial charge in [0.05, 0.1) is 22.8 Å². The number of hydrogen-bond acceptors (Lipinski definition) is 4. The monoisotopic (exact) mass is 359 g/mol. The van der Waals surface area contributed by atoms with Gasteiger partial charge in [-0.2, -0.15) is 5.26 Å². The van der Waals surface area contributed by atoms with Gasteiger partial charge in [-0.05, 0) is 36.8 Å². The molecule has 0 spiro atoms. The molecule has 1 aliphatic carbocycles. The molecule has 0 radical (unpaired) electrons.